The maximum Gasteiger partial charge on any atom is 0.320 e. The zero-order valence-corrected chi connectivity index (χ0v) is 13.5. The van der Waals surface area contributed by atoms with Gasteiger partial charge in [0.25, 0.3) is 0 Å². The first-order valence-electron chi connectivity index (χ1n) is 7.85. The van der Waals surface area contributed by atoms with E-state index in [1.165, 1.54) is 0 Å². The number of hydrogen-bond donors (Lipinski definition) is 4. The second-order valence-corrected chi connectivity index (χ2v) is 5.54. The topological polar surface area (TPSA) is 113 Å². The fraction of sp³-hybridized carbons (Fsp3) is 0.167. The average Bonchev–Trinajstić information content (AvgIpc) is 2.62. The standard InChI is InChI=1S/C18H19N5O2/c19-10-13-9-16-21-14(17(13)20)7-4-8-25-11-15(22-18(24)23-16)12-5-2-1-3-6-12/h1-7,9-10,15,19H,8,11,20H2,(H2,21,22,23,24)/b7-4-,19-10?/t15-/m1/s1. The molecular weight excluding hydrogens is 318 g/mol. The summed E-state index contributed by atoms with van der Waals surface area (Å²) in [6, 6.07) is 10.5. The third-order valence-corrected chi connectivity index (χ3v) is 3.80. The van der Waals surface area contributed by atoms with Crippen molar-refractivity contribution in [1.82, 2.24) is 10.3 Å². The van der Waals surface area contributed by atoms with Crippen LogP contribution in [0.1, 0.15) is 22.9 Å². The number of fused-ring (bicyclic) bond motifs is 2. The van der Waals surface area contributed by atoms with E-state index < -0.39 is 6.03 Å². The second-order valence-electron chi connectivity index (χ2n) is 5.54. The lowest BCUT2D eigenvalue weighted by Crippen LogP contribution is -2.35. The van der Waals surface area contributed by atoms with E-state index in [4.69, 9.17) is 15.9 Å². The van der Waals surface area contributed by atoms with Crippen LogP contribution in [-0.4, -0.2) is 30.4 Å². The van der Waals surface area contributed by atoms with Gasteiger partial charge in [0.05, 0.1) is 30.6 Å². The third kappa shape index (κ3) is 4.02. The first kappa shape index (κ1) is 16.7. The van der Waals surface area contributed by atoms with Crippen molar-refractivity contribution in [2.24, 2.45) is 0 Å². The molecule has 1 aromatic carbocycles. The van der Waals surface area contributed by atoms with E-state index in [2.05, 4.69) is 15.6 Å². The van der Waals surface area contributed by atoms with Gasteiger partial charge in [0.15, 0.2) is 0 Å². The summed E-state index contributed by atoms with van der Waals surface area (Å²) >= 11 is 0. The molecule has 2 bridgehead atoms. The number of carbonyl (C=O) groups excluding carboxylic acids is 1. The number of urea groups is 1. The Bertz CT molecular complexity index is 805. The number of nitrogen functional groups attached to an aromatic ring is 1. The van der Waals surface area contributed by atoms with Gasteiger partial charge >= 0.3 is 6.03 Å². The zero-order valence-electron chi connectivity index (χ0n) is 13.5. The number of anilines is 2. The summed E-state index contributed by atoms with van der Waals surface area (Å²) in [5.74, 6) is 0.332. The van der Waals surface area contributed by atoms with Crippen LogP contribution in [0.15, 0.2) is 42.5 Å². The van der Waals surface area contributed by atoms with Crippen LogP contribution in [-0.2, 0) is 4.74 Å². The van der Waals surface area contributed by atoms with Gasteiger partial charge < -0.3 is 21.2 Å². The highest BCUT2D eigenvalue weighted by atomic mass is 16.5. The number of nitrogens with two attached hydrogens (primary N) is 1. The lowest BCUT2D eigenvalue weighted by atomic mass is 10.1. The van der Waals surface area contributed by atoms with Crippen LogP contribution in [0.2, 0.25) is 0 Å². The van der Waals surface area contributed by atoms with Crippen molar-refractivity contribution < 1.29 is 9.53 Å². The minimum absolute atomic E-state index is 0.288. The molecule has 1 aliphatic rings. The number of amides is 2. The van der Waals surface area contributed by atoms with Gasteiger partial charge in [0.2, 0.25) is 0 Å². The second kappa shape index (κ2) is 7.59. The molecule has 0 saturated carbocycles. The van der Waals surface area contributed by atoms with Crippen LogP contribution < -0.4 is 16.4 Å². The number of nitrogens with one attached hydrogen (secondary N) is 3. The Labute approximate surface area is 145 Å². The number of aromatic nitrogens is 1. The Morgan fingerprint density at radius 3 is 2.88 bits per heavy atom. The molecule has 1 aromatic heterocycles. The summed E-state index contributed by atoms with van der Waals surface area (Å²) in [4.78, 5) is 16.7. The lowest BCUT2D eigenvalue weighted by Gasteiger charge is -2.20. The maximum atomic E-state index is 12.3. The number of rotatable bonds is 2. The van der Waals surface area contributed by atoms with Crippen LogP contribution in [0.4, 0.5) is 16.3 Å². The van der Waals surface area contributed by atoms with Crippen molar-refractivity contribution in [2.75, 3.05) is 24.3 Å². The van der Waals surface area contributed by atoms with E-state index in [0.717, 1.165) is 11.8 Å². The van der Waals surface area contributed by atoms with Crippen molar-refractivity contribution in [3.8, 4) is 0 Å². The predicted octanol–water partition coefficient (Wildman–Crippen LogP) is 2.57. The molecule has 0 fully saturated rings. The molecule has 1 aliphatic heterocycles. The summed E-state index contributed by atoms with van der Waals surface area (Å²) in [5.41, 5.74) is 8.30. The highest BCUT2D eigenvalue weighted by Gasteiger charge is 2.16. The molecule has 2 amide bonds. The summed E-state index contributed by atoms with van der Waals surface area (Å²) in [5, 5.41) is 13.0. The monoisotopic (exact) mass is 337 g/mol. The third-order valence-electron chi connectivity index (χ3n) is 3.80. The van der Waals surface area contributed by atoms with E-state index in [-0.39, 0.29) is 6.04 Å². The maximum absolute atomic E-state index is 12.3. The summed E-state index contributed by atoms with van der Waals surface area (Å²) in [7, 11) is 0. The van der Waals surface area contributed by atoms with Crippen LogP contribution in [0, 0.1) is 5.41 Å². The smallest absolute Gasteiger partial charge is 0.320 e. The van der Waals surface area contributed by atoms with Crippen molar-refractivity contribution in [3.05, 3.63) is 59.3 Å². The minimum Gasteiger partial charge on any atom is -0.396 e. The van der Waals surface area contributed by atoms with E-state index >= 15 is 0 Å². The van der Waals surface area contributed by atoms with E-state index in [0.29, 0.717) is 36.0 Å². The molecule has 2 heterocycles. The minimum atomic E-state index is -0.402. The normalized spacial score (nSPS) is 18.9. The highest BCUT2D eigenvalue weighted by molar-refractivity contribution is 5.93. The van der Waals surface area contributed by atoms with E-state index in [1.807, 2.05) is 36.4 Å². The number of hydrogen-bond acceptors (Lipinski definition) is 5. The highest BCUT2D eigenvalue weighted by Crippen LogP contribution is 2.21. The summed E-state index contributed by atoms with van der Waals surface area (Å²) in [6.07, 6.45) is 4.67. The van der Waals surface area contributed by atoms with Gasteiger partial charge in [0.1, 0.15) is 5.82 Å². The van der Waals surface area contributed by atoms with Crippen LogP contribution >= 0.6 is 0 Å². The van der Waals surface area contributed by atoms with Crippen molar-refractivity contribution >= 4 is 29.8 Å². The number of nitrogens with zero attached hydrogens (tertiary/aromatic N) is 1. The Morgan fingerprint density at radius 1 is 1.32 bits per heavy atom. The number of pyridine rings is 1. The molecule has 5 N–H and O–H groups in total. The summed E-state index contributed by atoms with van der Waals surface area (Å²) < 4.78 is 5.65. The zero-order chi connectivity index (χ0) is 17.6. The number of benzene rings is 1. The fourth-order valence-corrected chi connectivity index (χ4v) is 2.54. The average molecular weight is 337 g/mol. The largest absolute Gasteiger partial charge is 0.396 e. The van der Waals surface area contributed by atoms with Gasteiger partial charge in [-0.05, 0) is 17.7 Å². The molecule has 2 aromatic rings. The Balaban J connectivity index is 1.91. The predicted molar refractivity (Wildman–Crippen MR) is 97.7 cm³/mol. The Morgan fingerprint density at radius 2 is 2.12 bits per heavy atom. The Hall–Kier alpha value is -3.19. The van der Waals surface area contributed by atoms with Gasteiger partial charge in [-0.25, -0.2) is 9.78 Å². The van der Waals surface area contributed by atoms with Crippen molar-refractivity contribution in [2.45, 2.75) is 6.04 Å². The first-order chi connectivity index (χ1) is 12.2. The molecule has 1 atom stereocenters. The van der Waals surface area contributed by atoms with Crippen molar-refractivity contribution in [3.63, 3.8) is 0 Å². The van der Waals surface area contributed by atoms with Gasteiger partial charge in [-0.15, -0.1) is 0 Å². The molecule has 0 aliphatic carbocycles. The van der Waals surface area contributed by atoms with Gasteiger partial charge in [0, 0.05) is 11.8 Å². The molecule has 0 radical (unpaired) electrons. The SMILES string of the molecule is N=Cc1cc2nc(c1N)/C=C\COC[C@H](c1ccccc1)NC(=O)N2. The molecule has 0 spiro atoms. The lowest BCUT2D eigenvalue weighted by molar-refractivity contribution is 0.138. The van der Waals surface area contributed by atoms with Crippen molar-refractivity contribution in [1.29, 1.82) is 5.41 Å². The van der Waals surface area contributed by atoms with Crippen LogP contribution in [0.3, 0.4) is 0 Å². The molecule has 128 valence electrons. The van der Waals surface area contributed by atoms with E-state index in [1.54, 1.807) is 12.1 Å². The first-order valence-corrected chi connectivity index (χ1v) is 7.85. The molecule has 25 heavy (non-hydrogen) atoms. The van der Waals surface area contributed by atoms with Gasteiger partial charge in [-0.1, -0.05) is 36.4 Å². The summed E-state index contributed by atoms with van der Waals surface area (Å²) in [6.45, 7) is 0.697. The Kier molecular flexibility index (Phi) is 5.06. The fourth-order valence-electron chi connectivity index (χ4n) is 2.54. The number of carbonyl (C=O) groups is 1. The molecule has 3 rings (SSSR count). The molecule has 7 heteroatoms. The molecule has 0 unspecified atom stereocenters. The van der Waals surface area contributed by atoms with E-state index in [9.17, 15) is 4.79 Å². The van der Waals surface area contributed by atoms with Gasteiger partial charge in [-0.2, -0.15) is 0 Å². The quantitative estimate of drug-likeness (QED) is 0.631. The molecule has 0 saturated heterocycles. The molecular formula is C18H19N5O2. The molecule has 7 nitrogen and oxygen atoms in total. The van der Waals surface area contributed by atoms with Gasteiger partial charge in [-0.3, -0.25) is 5.32 Å². The number of ether oxygens (including phenoxy) is 1. The van der Waals surface area contributed by atoms with Crippen LogP contribution in [0.5, 0.6) is 0 Å². The van der Waals surface area contributed by atoms with Crippen LogP contribution in [0.25, 0.3) is 6.08 Å².